The van der Waals surface area contributed by atoms with Crippen LogP contribution < -0.4 is 10.6 Å². The fourth-order valence-corrected chi connectivity index (χ4v) is 2.15. The number of unbranched alkanes of at least 4 members (excludes halogenated alkanes) is 2. The third-order valence-corrected chi connectivity index (χ3v) is 3.48. The van der Waals surface area contributed by atoms with Gasteiger partial charge in [0.25, 0.3) is 11.8 Å². The first-order valence-corrected chi connectivity index (χ1v) is 8.03. The second-order valence-corrected chi connectivity index (χ2v) is 5.42. The number of rotatable bonds is 7. The van der Waals surface area contributed by atoms with Crippen LogP contribution in [0.2, 0.25) is 0 Å². The summed E-state index contributed by atoms with van der Waals surface area (Å²) < 4.78 is 27.2. The van der Waals surface area contributed by atoms with E-state index in [1.54, 1.807) is 0 Å². The lowest BCUT2D eigenvalue weighted by atomic mass is 10.2. The number of carbonyl (C=O) groups is 2. The largest absolute Gasteiger partial charge is 0.351 e. The summed E-state index contributed by atoms with van der Waals surface area (Å²) >= 11 is 0. The first kappa shape index (κ1) is 18.5. The molecular formula is C18H19F2N3O2. The van der Waals surface area contributed by atoms with E-state index < -0.39 is 29.1 Å². The molecule has 0 aliphatic carbocycles. The molecule has 2 rings (SSSR count). The Morgan fingerprint density at radius 1 is 0.960 bits per heavy atom. The Kier molecular flexibility index (Phi) is 6.56. The van der Waals surface area contributed by atoms with E-state index in [2.05, 4.69) is 22.5 Å². The monoisotopic (exact) mass is 347 g/mol. The van der Waals surface area contributed by atoms with Crippen LogP contribution in [0.4, 0.5) is 14.5 Å². The van der Waals surface area contributed by atoms with Crippen LogP contribution in [0.1, 0.15) is 47.2 Å². The normalized spacial score (nSPS) is 10.4. The van der Waals surface area contributed by atoms with Crippen molar-refractivity contribution in [3.8, 4) is 0 Å². The molecule has 0 aliphatic rings. The van der Waals surface area contributed by atoms with Crippen molar-refractivity contribution in [2.45, 2.75) is 26.2 Å². The Labute approximate surface area is 144 Å². The molecule has 2 amide bonds. The SMILES string of the molecule is CCCCCNC(=O)c1cccc(C(=O)Nc2c(F)cccc2F)n1. The topological polar surface area (TPSA) is 71.1 Å². The van der Waals surface area contributed by atoms with Crippen LogP contribution in [0.15, 0.2) is 36.4 Å². The molecule has 25 heavy (non-hydrogen) atoms. The van der Waals surface area contributed by atoms with Gasteiger partial charge in [0, 0.05) is 6.54 Å². The van der Waals surface area contributed by atoms with Crippen molar-refractivity contribution in [2.75, 3.05) is 11.9 Å². The fraction of sp³-hybridized carbons (Fsp3) is 0.278. The minimum Gasteiger partial charge on any atom is -0.351 e. The summed E-state index contributed by atoms with van der Waals surface area (Å²) in [4.78, 5) is 28.1. The summed E-state index contributed by atoms with van der Waals surface area (Å²) in [5, 5.41) is 4.85. The van der Waals surface area contributed by atoms with Crippen molar-refractivity contribution < 1.29 is 18.4 Å². The van der Waals surface area contributed by atoms with E-state index in [1.807, 2.05) is 0 Å². The maximum absolute atomic E-state index is 13.6. The number of amides is 2. The second kappa shape index (κ2) is 8.86. The lowest BCUT2D eigenvalue weighted by Crippen LogP contribution is -2.26. The summed E-state index contributed by atoms with van der Waals surface area (Å²) in [5.41, 5.74) is -0.592. The molecule has 0 aliphatic heterocycles. The van der Waals surface area contributed by atoms with Gasteiger partial charge in [-0.2, -0.15) is 0 Å². The van der Waals surface area contributed by atoms with Gasteiger partial charge in [-0.15, -0.1) is 0 Å². The highest BCUT2D eigenvalue weighted by Gasteiger charge is 2.16. The Bertz CT molecular complexity index is 745. The lowest BCUT2D eigenvalue weighted by Gasteiger charge is -2.08. The molecule has 0 bridgehead atoms. The van der Waals surface area contributed by atoms with Gasteiger partial charge in [-0.05, 0) is 30.7 Å². The molecule has 0 saturated heterocycles. The van der Waals surface area contributed by atoms with E-state index in [4.69, 9.17) is 0 Å². The van der Waals surface area contributed by atoms with Crippen molar-refractivity contribution in [1.29, 1.82) is 0 Å². The van der Waals surface area contributed by atoms with Crippen molar-refractivity contribution >= 4 is 17.5 Å². The summed E-state index contributed by atoms with van der Waals surface area (Å²) in [6, 6.07) is 7.58. The number of benzene rings is 1. The number of nitrogens with one attached hydrogen (secondary N) is 2. The molecule has 0 saturated carbocycles. The number of nitrogens with zero attached hydrogens (tertiary/aromatic N) is 1. The molecule has 2 aromatic rings. The molecule has 0 atom stereocenters. The summed E-state index contributed by atoms with van der Waals surface area (Å²) in [7, 11) is 0. The molecule has 0 radical (unpaired) electrons. The van der Waals surface area contributed by atoms with Crippen molar-refractivity contribution in [1.82, 2.24) is 10.3 Å². The van der Waals surface area contributed by atoms with Gasteiger partial charge in [0.05, 0.1) is 0 Å². The van der Waals surface area contributed by atoms with Gasteiger partial charge in [-0.3, -0.25) is 9.59 Å². The zero-order chi connectivity index (χ0) is 18.2. The number of anilines is 1. The molecule has 5 nitrogen and oxygen atoms in total. The average Bonchev–Trinajstić information content (AvgIpc) is 2.61. The predicted octanol–water partition coefficient (Wildman–Crippen LogP) is 3.53. The third-order valence-electron chi connectivity index (χ3n) is 3.48. The molecule has 0 fully saturated rings. The number of hydrogen-bond acceptors (Lipinski definition) is 3. The van der Waals surface area contributed by atoms with Crippen LogP contribution in [0.25, 0.3) is 0 Å². The Morgan fingerprint density at radius 3 is 2.20 bits per heavy atom. The van der Waals surface area contributed by atoms with E-state index in [9.17, 15) is 18.4 Å². The van der Waals surface area contributed by atoms with Crippen molar-refractivity contribution in [2.24, 2.45) is 0 Å². The molecule has 2 N–H and O–H groups in total. The maximum atomic E-state index is 13.6. The highest BCUT2D eigenvalue weighted by molar-refractivity contribution is 6.04. The molecule has 1 aromatic heterocycles. The van der Waals surface area contributed by atoms with Gasteiger partial charge in [0.15, 0.2) is 0 Å². The van der Waals surface area contributed by atoms with E-state index in [0.29, 0.717) is 6.54 Å². The molecule has 7 heteroatoms. The van der Waals surface area contributed by atoms with Crippen LogP contribution in [0.5, 0.6) is 0 Å². The zero-order valence-corrected chi connectivity index (χ0v) is 13.8. The molecule has 1 aromatic carbocycles. The van der Waals surface area contributed by atoms with E-state index in [0.717, 1.165) is 31.4 Å². The number of carbonyl (C=O) groups excluding carboxylic acids is 2. The van der Waals surface area contributed by atoms with E-state index in [1.165, 1.54) is 24.3 Å². The number of hydrogen-bond donors (Lipinski definition) is 2. The van der Waals surface area contributed by atoms with Gasteiger partial charge < -0.3 is 10.6 Å². The number of aromatic nitrogens is 1. The maximum Gasteiger partial charge on any atom is 0.274 e. The van der Waals surface area contributed by atoms with Gasteiger partial charge in [0.1, 0.15) is 28.7 Å². The standard InChI is InChI=1S/C18H19F2N3O2/c1-2-3-4-11-21-17(24)14-9-6-10-15(22-14)18(25)23-16-12(19)7-5-8-13(16)20/h5-10H,2-4,11H2,1H3,(H,21,24)(H,23,25). The van der Waals surface area contributed by atoms with E-state index in [-0.39, 0.29) is 11.4 Å². The van der Waals surface area contributed by atoms with Crippen LogP contribution in [0, 0.1) is 11.6 Å². The third kappa shape index (κ3) is 5.07. The molecular weight excluding hydrogens is 328 g/mol. The number of para-hydroxylation sites is 1. The molecule has 1 heterocycles. The van der Waals surface area contributed by atoms with E-state index >= 15 is 0 Å². The minimum atomic E-state index is -0.891. The molecule has 0 unspecified atom stereocenters. The van der Waals surface area contributed by atoms with Gasteiger partial charge in [0.2, 0.25) is 0 Å². The highest BCUT2D eigenvalue weighted by Crippen LogP contribution is 2.18. The smallest absolute Gasteiger partial charge is 0.274 e. The lowest BCUT2D eigenvalue weighted by molar-refractivity contribution is 0.0947. The Balaban J connectivity index is 2.07. The van der Waals surface area contributed by atoms with Crippen molar-refractivity contribution in [3.63, 3.8) is 0 Å². The van der Waals surface area contributed by atoms with Crippen LogP contribution in [-0.4, -0.2) is 23.3 Å². The first-order valence-electron chi connectivity index (χ1n) is 8.03. The van der Waals surface area contributed by atoms with Gasteiger partial charge in [-0.1, -0.05) is 31.9 Å². The highest BCUT2D eigenvalue weighted by atomic mass is 19.1. The summed E-state index contributed by atoms with van der Waals surface area (Å²) in [6.07, 6.45) is 2.90. The number of pyridine rings is 1. The molecule has 0 spiro atoms. The second-order valence-electron chi connectivity index (χ2n) is 5.42. The van der Waals surface area contributed by atoms with Crippen LogP contribution >= 0.6 is 0 Å². The van der Waals surface area contributed by atoms with Crippen LogP contribution in [0.3, 0.4) is 0 Å². The Morgan fingerprint density at radius 2 is 1.56 bits per heavy atom. The van der Waals surface area contributed by atoms with Crippen LogP contribution in [-0.2, 0) is 0 Å². The number of halogens is 2. The van der Waals surface area contributed by atoms with Gasteiger partial charge in [-0.25, -0.2) is 13.8 Å². The molecule has 132 valence electrons. The van der Waals surface area contributed by atoms with Gasteiger partial charge >= 0.3 is 0 Å². The average molecular weight is 347 g/mol. The summed E-state index contributed by atoms with van der Waals surface area (Å²) in [5.74, 6) is -2.98. The quantitative estimate of drug-likeness (QED) is 0.753. The first-order chi connectivity index (χ1) is 12.0. The predicted molar refractivity (Wildman–Crippen MR) is 90.4 cm³/mol. The minimum absolute atomic E-state index is 0.0677. The fourth-order valence-electron chi connectivity index (χ4n) is 2.15. The van der Waals surface area contributed by atoms with Crippen molar-refractivity contribution in [3.05, 3.63) is 59.4 Å². The summed E-state index contributed by atoms with van der Waals surface area (Å²) in [6.45, 7) is 2.58. The Hall–Kier alpha value is -2.83. The zero-order valence-electron chi connectivity index (χ0n) is 13.8.